The summed E-state index contributed by atoms with van der Waals surface area (Å²) in [5.74, 6) is 0.0129. The molecule has 0 bridgehead atoms. The number of rotatable bonds is 8. The Kier molecular flexibility index (Phi) is 8.58. The van der Waals surface area contributed by atoms with Crippen molar-refractivity contribution in [1.29, 1.82) is 5.26 Å². The third-order valence-electron chi connectivity index (χ3n) is 7.08. The molecular formula is C30H32N2O6S. The van der Waals surface area contributed by atoms with Crippen LogP contribution in [0.5, 0.6) is 11.5 Å². The zero-order valence-corrected chi connectivity index (χ0v) is 23.3. The van der Waals surface area contributed by atoms with Crippen molar-refractivity contribution in [1.82, 2.24) is 4.31 Å². The average Bonchev–Trinajstić information content (AvgIpc) is 3.06. The molecule has 0 radical (unpaired) electrons. The number of esters is 1. The van der Waals surface area contributed by atoms with Gasteiger partial charge in [-0.2, -0.15) is 9.57 Å². The number of sulfonamides is 1. The molecule has 0 N–H and O–H groups in total. The van der Waals surface area contributed by atoms with E-state index in [1.54, 1.807) is 42.5 Å². The van der Waals surface area contributed by atoms with Crippen LogP contribution < -0.4 is 9.47 Å². The van der Waals surface area contributed by atoms with Gasteiger partial charge in [0.25, 0.3) is 0 Å². The van der Waals surface area contributed by atoms with Gasteiger partial charge in [-0.15, -0.1) is 0 Å². The van der Waals surface area contributed by atoms with Gasteiger partial charge >= 0.3 is 5.97 Å². The van der Waals surface area contributed by atoms with Crippen molar-refractivity contribution < 1.29 is 27.4 Å². The molecule has 1 unspecified atom stereocenters. The molecule has 1 aliphatic heterocycles. The summed E-state index contributed by atoms with van der Waals surface area (Å²) in [6.07, 6.45) is 0.406. The van der Waals surface area contributed by atoms with Crippen LogP contribution in [0.1, 0.15) is 53.5 Å². The number of fused-ring (bicyclic) bond motifs is 1. The first-order valence-corrected chi connectivity index (χ1v) is 14.2. The molecule has 2 atom stereocenters. The van der Waals surface area contributed by atoms with Gasteiger partial charge < -0.3 is 14.2 Å². The van der Waals surface area contributed by atoms with E-state index >= 15 is 0 Å². The topological polar surface area (TPSA) is 106 Å². The van der Waals surface area contributed by atoms with E-state index in [-0.39, 0.29) is 30.5 Å². The number of hydrogen-bond donors (Lipinski definition) is 0. The SMILES string of the molecule is CC[C@@H]1CN(Cc2cc(C(CC(=O)OC)c3ccc(C#N)cc3OC)ccc2C)S(=O)(=O)c2ccccc2O1. The van der Waals surface area contributed by atoms with Crippen molar-refractivity contribution in [3.8, 4) is 17.6 Å². The maximum absolute atomic E-state index is 13.7. The Balaban J connectivity index is 1.77. The Morgan fingerprint density at radius 1 is 1.15 bits per heavy atom. The van der Waals surface area contributed by atoms with Crippen molar-refractivity contribution in [3.05, 3.63) is 88.5 Å². The normalized spacial score (nSPS) is 17.2. The van der Waals surface area contributed by atoms with E-state index in [1.807, 2.05) is 32.0 Å². The highest BCUT2D eigenvalue weighted by molar-refractivity contribution is 7.89. The highest BCUT2D eigenvalue weighted by atomic mass is 32.2. The van der Waals surface area contributed by atoms with Crippen LogP contribution in [0.15, 0.2) is 65.6 Å². The fraction of sp³-hybridized carbons (Fsp3) is 0.333. The first-order chi connectivity index (χ1) is 18.7. The van der Waals surface area contributed by atoms with Crippen LogP contribution in [0, 0.1) is 18.3 Å². The van der Waals surface area contributed by atoms with Gasteiger partial charge in [0, 0.05) is 18.0 Å². The summed E-state index contributed by atoms with van der Waals surface area (Å²) in [4.78, 5) is 12.6. The third kappa shape index (κ3) is 5.92. The molecule has 3 aromatic carbocycles. The van der Waals surface area contributed by atoms with E-state index in [1.165, 1.54) is 18.5 Å². The second-order valence-electron chi connectivity index (χ2n) is 9.48. The van der Waals surface area contributed by atoms with Crippen LogP contribution in [-0.4, -0.2) is 45.6 Å². The molecule has 3 aromatic rings. The van der Waals surface area contributed by atoms with Crippen molar-refractivity contribution in [2.75, 3.05) is 20.8 Å². The van der Waals surface area contributed by atoms with Crippen LogP contribution >= 0.6 is 0 Å². The monoisotopic (exact) mass is 548 g/mol. The van der Waals surface area contributed by atoms with Crippen molar-refractivity contribution in [2.45, 2.75) is 50.2 Å². The van der Waals surface area contributed by atoms with E-state index in [4.69, 9.17) is 14.2 Å². The number of aryl methyl sites for hydroxylation is 1. The number of ether oxygens (including phenoxy) is 3. The lowest BCUT2D eigenvalue weighted by atomic mass is 9.86. The second-order valence-corrected chi connectivity index (χ2v) is 11.4. The number of methoxy groups -OCH3 is 2. The highest BCUT2D eigenvalue weighted by Gasteiger charge is 2.34. The molecular weight excluding hydrogens is 516 g/mol. The maximum Gasteiger partial charge on any atom is 0.306 e. The molecule has 39 heavy (non-hydrogen) atoms. The van der Waals surface area contributed by atoms with Crippen LogP contribution in [0.2, 0.25) is 0 Å². The van der Waals surface area contributed by atoms with Gasteiger partial charge in [0.2, 0.25) is 10.0 Å². The van der Waals surface area contributed by atoms with Crippen LogP contribution in [0.25, 0.3) is 0 Å². The first kappa shape index (κ1) is 28.1. The van der Waals surface area contributed by atoms with Crippen molar-refractivity contribution in [3.63, 3.8) is 0 Å². The molecule has 204 valence electrons. The van der Waals surface area contributed by atoms with Gasteiger partial charge in [-0.05, 0) is 54.3 Å². The largest absolute Gasteiger partial charge is 0.496 e. The fourth-order valence-corrected chi connectivity index (χ4v) is 6.37. The molecule has 9 heteroatoms. The van der Waals surface area contributed by atoms with Crippen LogP contribution in [-0.2, 0) is 26.1 Å². The predicted octanol–water partition coefficient (Wildman–Crippen LogP) is 4.93. The lowest BCUT2D eigenvalue weighted by Crippen LogP contribution is -2.36. The van der Waals surface area contributed by atoms with Crippen molar-refractivity contribution in [2.24, 2.45) is 0 Å². The Labute approximate surface area is 229 Å². The fourth-order valence-electron chi connectivity index (χ4n) is 4.80. The average molecular weight is 549 g/mol. The number of carbonyl (C=O) groups excluding carboxylic acids is 1. The minimum atomic E-state index is -3.82. The van der Waals surface area contributed by atoms with Gasteiger partial charge in [-0.1, -0.05) is 43.3 Å². The molecule has 0 fully saturated rings. The van der Waals surface area contributed by atoms with Crippen LogP contribution in [0.4, 0.5) is 0 Å². The highest BCUT2D eigenvalue weighted by Crippen LogP contribution is 2.37. The van der Waals surface area contributed by atoms with Gasteiger partial charge in [0.05, 0.1) is 38.8 Å². The van der Waals surface area contributed by atoms with E-state index in [0.717, 1.165) is 22.3 Å². The quantitative estimate of drug-likeness (QED) is 0.368. The molecule has 0 aromatic heterocycles. The maximum atomic E-state index is 13.7. The number of nitriles is 1. The lowest BCUT2D eigenvalue weighted by Gasteiger charge is -2.25. The van der Waals surface area contributed by atoms with Gasteiger partial charge in [-0.25, -0.2) is 8.42 Å². The molecule has 0 saturated heterocycles. The number of carbonyl (C=O) groups is 1. The summed E-state index contributed by atoms with van der Waals surface area (Å²) < 4.78 is 45.5. The summed E-state index contributed by atoms with van der Waals surface area (Å²) in [5.41, 5.74) is 3.71. The Morgan fingerprint density at radius 3 is 2.62 bits per heavy atom. The standard InChI is InChI=1S/C30H32N2O6S/c1-5-24-19-32(39(34,35)29-9-7-6-8-27(29)38-24)18-23-15-22(12-10-20(23)2)26(16-30(33)37-4)25-13-11-21(17-31)14-28(25)36-3/h6-15,24,26H,5,16,18-19H2,1-4H3/t24-,26?/m1/s1. The van der Waals surface area contributed by atoms with Gasteiger partial charge in [0.15, 0.2) is 0 Å². The van der Waals surface area contributed by atoms with E-state index in [9.17, 15) is 18.5 Å². The van der Waals surface area contributed by atoms with Crippen LogP contribution in [0.3, 0.4) is 0 Å². The number of benzene rings is 3. The summed E-state index contributed by atoms with van der Waals surface area (Å²) in [6.45, 7) is 4.26. The summed E-state index contributed by atoms with van der Waals surface area (Å²) in [5, 5.41) is 9.33. The molecule has 8 nitrogen and oxygen atoms in total. The zero-order valence-electron chi connectivity index (χ0n) is 22.5. The second kappa shape index (κ2) is 11.9. The summed E-state index contributed by atoms with van der Waals surface area (Å²) in [6, 6.07) is 19.7. The predicted molar refractivity (Wildman–Crippen MR) is 146 cm³/mol. The number of para-hydroxylation sites is 1. The molecule has 0 aliphatic carbocycles. The van der Waals surface area contributed by atoms with Crippen molar-refractivity contribution >= 4 is 16.0 Å². The third-order valence-corrected chi connectivity index (χ3v) is 8.93. The Hall–Kier alpha value is -3.87. The molecule has 0 saturated carbocycles. The van der Waals surface area contributed by atoms with Gasteiger partial charge in [-0.3, -0.25) is 4.79 Å². The zero-order chi connectivity index (χ0) is 28.2. The number of nitrogens with zero attached hydrogens (tertiary/aromatic N) is 2. The van der Waals surface area contributed by atoms with E-state index in [0.29, 0.717) is 23.5 Å². The Bertz CT molecular complexity index is 1510. The summed E-state index contributed by atoms with van der Waals surface area (Å²) in [7, 11) is -0.965. The first-order valence-electron chi connectivity index (χ1n) is 12.7. The Morgan fingerprint density at radius 2 is 1.92 bits per heavy atom. The smallest absolute Gasteiger partial charge is 0.306 e. The summed E-state index contributed by atoms with van der Waals surface area (Å²) >= 11 is 0. The van der Waals surface area contributed by atoms with E-state index in [2.05, 4.69) is 6.07 Å². The van der Waals surface area contributed by atoms with Gasteiger partial charge in [0.1, 0.15) is 22.5 Å². The molecule has 0 spiro atoms. The molecule has 0 amide bonds. The minimum Gasteiger partial charge on any atom is -0.496 e. The molecule has 4 rings (SSSR count). The number of hydrogen-bond acceptors (Lipinski definition) is 7. The molecule has 1 aliphatic rings. The van der Waals surface area contributed by atoms with E-state index < -0.39 is 21.9 Å². The minimum absolute atomic E-state index is 0.0440. The molecule has 1 heterocycles. The lowest BCUT2D eigenvalue weighted by molar-refractivity contribution is -0.140.